The van der Waals surface area contributed by atoms with Gasteiger partial charge >= 0.3 is 0 Å². The number of benzene rings is 1. The van der Waals surface area contributed by atoms with Crippen LogP contribution in [0.1, 0.15) is 54.4 Å². The van der Waals surface area contributed by atoms with Gasteiger partial charge in [0.15, 0.2) is 0 Å². The minimum atomic E-state index is -0.106. The van der Waals surface area contributed by atoms with Crippen LogP contribution in [0.4, 0.5) is 0 Å². The summed E-state index contributed by atoms with van der Waals surface area (Å²) >= 11 is 0. The highest BCUT2D eigenvalue weighted by Gasteiger charge is 2.25. The summed E-state index contributed by atoms with van der Waals surface area (Å²) in [6.45, 7) is 1.75. The van der Waals surface area contributed by atoms with Gasteiger partial charge in [0.2, 0.25) is 5.91 Å². The summed E-state index contributed by atoms with van der Waals surface area (Å²) in [6, 6.07) is 7.52. The van der Waals surface area contributed by atoms with Crippen LogP contribution in [0.3, 0.4) is 0 Å². The Balaban J connectivity index is 0.00000261. The van der Waals surface area contributed by atoms with E-state index >= 15 is 0 Å². The van der Waals surface area contributed by atoms with E-state index in [4.69, 9.17) is 10.5 Å². The Labute approximate surface area is 167 Å². The lowest BCUT2D eigenvalue weighted by molar-refractivity contribution is -0.122. The van der Waals surface area contributed by atoms with Gasteiger partial charge < -0.3 is 21.1 Å². The molecule has 150 valence electrons. The molecule has 1 saturated heterocycles. The molecule has 0 bridgehead atoms. The van der Waals surface area contributed by atoms with Gasteiger partial charge in [0.25, 0.3) is 5.91 Å². The van der Waals surface area contributed by atoms with E-state index in [0.29, 0.717) is 31.0 Å². The normalized spacial score (nSPS) is 24.3. The molecular weight excluding hydrogens is 366 g/mol. The monoisotopic (exact) mass is 395 g/mol. The largest absolute Gasteiger partial charge is 0.376 e. The van der Waals surface area contributed by atoms with Crippen LogP contribution in [-0.4, -0.2) is 37.1 Å². The first-order valence-corrected chi connectivity index (χ1v) is 9.63. The molecule has 6 nitrogen and oxygen atoms in total. The molecule has 2 aliphatic rings. The van der Waals surface area contributed by atoms with Crippen molar-refractivity contribution in [1.82, 2.24) is 10.6 Å². The van der Waals surface area contributed by atoms with Crippen molar-refractivity contribution >= 4 is 24.2 Å². The summed E-state index contributed by atoms with van der Waals surface area (Å²) in [5, 5.41) is 5.86. The fraction of sp³-hybridized carbons (Fsp3) is 0.600. The summed E-state index contributed by atoms with van der Waals surface area (Å²) in [5.74, 6) is 0.219. The first kappa shape index (κ1) is 21.7. The van der Waals surface area contributed by atoms with Gasteiger partial charge in [-0.1, -0.05) is 18.6 Å². The van der Waals surface area contributed by atoms with Gasteiger partial charge in [-0.25, -0.2) is 0 Å². The molecule has 3 atom stereocenters. The number of hydrogen-bond donors (Lipinski definition) is 3. The Bertz CT molecular complexity index is 635. The van der Waals surface area contributed by atoms with Crippen LogP contribution < -0.4 is 16.4 Å². The number of nitrogens with two attached hydrogens (primary N) is 1. The summed E-state index contributed by atoms with van der Waals surface area (Å²) in [4.78, 5) is 24.4. The third kappa shape index (κ3) is 6.48. The van der Waals surface area contributed by atoms with Crippen LogP contribution in [-0.2, 0) is 16.1 Å². The zero-order chi connectivity index (χ0) is 18.4. The van der Waals surface area contributed by atoms with Gasteiger partial charge in [0.1, 0.15) is 0 Å². The molecular formula is C20H30ClN3O3. The lowest BCUT2D eigenvalue weighted by Gasteiger charge is -2.15. The minimum Gasteiger partial charge on any atom is -0.376 e. The lowest BCUT2D eigenvalue weighted by atomic mass is 10.00. The first-order chi connectivity index (χ1) is 12.6. The third-order valence-corrected chi connectivity index (χ3v) is 5.36. The second kappa shape index (κ2) is 10.6. The molecule has 1 aliphatic heterocycles. The summed E-state index contributed by atoms with van der Waals surface area (Å²) in [5.41, 5.74) is 7.55. The zero-order valence-corrected chi connectivity index (χ0v) is 16.4. The first-order valence-electron chi connectivity index (χ1n) is 9.63. The SMILES string of the molecule is Cl.N[C@@H]1CCC[C@H]1CC(=O)NCc1cccc(C(=O)NCC2CCCO2)c1. The molecule has 7 heteroatoms. The van der Waals surface area contributed by atoms with Crippen LogP contribution in [0.5, 0.6) is 0 Å². The number of halogens is 1. The molecule has 3 rings (SSSR count). The molecule has 2 amide bonds. The van der Waals surface area contributed by atoms with Gasteiger partial charge in [-0.2, -0.15) is 0 Å². The average molecular weight is 396 g/mol. The molecule has 0 aromatic heterocycles. The Kier molecular flexibility index (Phi) is 8.54. The molecule has 2 fully saturated rings. The fourth-order valence-corrected chi connectivity index (χ4v) is 3.77. The maximum absolute atomic E-state index is 12.3. The predicted molar refractivity (Wildman–Crippen MR) is 107 cm³/mol. The number of amides is 2. The minimum absolute atomic E-state index is 0. The Morgan fingerprint density at radius 2 is 2.00 bits per heavy atom. The van der Waals surface area contributed by atoms with E-state index in [-0.39, 0.29) is 36.4 Å². The van der Waals surface area contributed by atoms with E-state index in [2.05, 4.69) is 10.6 Å². The number of nitrogens with one attached hydrogen (secondary N) is 2. The zero-order valence-electron chi connectivity index (χ0n) is 15.6. The Morgan fingerprint density at radius 3 is 2.70 bits per heavy atom. The van der Waals surface area contributed by atoms with Gasteiger partial charge in [-0.05, 0) is 49.3 Å². The molecule has 1 aromatic rings. The summed E-state index contributed by atoms with van der Waals surface area (Å²) < 4.78 is 5.52. The maximum atomic E-state index is 12.3. The van der Waals surface area contributed by atoms with Gasteiger partial charge in [-0.15, -0.1) is 12.4 Å². The molecule has 1 aliphatic carbocycles. The summed E-state index contributed by atoms with van der Waals surface area (Å²) in [6.07, 6.45) is 5.84. The molecule has 1 saturated carbocycles. The smallest absolute Gasteiger partial charge is 0.251 e. The molecule has 1 aromatic carbocycles. The Morgan fingerprint density at radius 1 is 1.15 bits per heavy atom. The van der Waals surface area contributed by atoms with Crippen molar-refractivity contribution in [2.75, 3.05) is 13.2 Å². The van der Waals surface area contributed by atoms with Crippen molar-refractivity contribution in [1.29, 1.82) is 0 Å². The van der Waals surface area contributed by atoms with Gasteiger partial charge in [0.05, 0.1) is 6.10 Å². The average Bonchev–Trinajstić information content (AvgIpc) is 3.30. The van der Waals surface area contributed by atoms with Crippen molar-refractivity contribution in [3.63, 3.8) is 0 Å². The van der Waals surface area contributed by atoms with E-state index in [9.17, 15) is 9.59 Å². The molecule has 4 N–H and O–H groups in total. The number of ether oxygens (including phenoxy) is 1. The molecule has 0 spiro atoms. The highest BCUT2D eigenvalue weighted by atomic mass is 35.5. The number of carbonyl (C=O) groups is 2. The molecule has 1 heterocycles. The highest BCUT2D eigenvalue weighted by Crippen LogP contribution is 2.26. The number of hydrogen-bond acceptors (Lipinski definition) is 4. The second-order valence-corrected chi connectivity index (χ2v) is 7.38. The highest BCUT2D eigenvalue weighted by molar-refractivity contribution is 5.94. The van der Waals surface area contributed by atoms with E-state index < -0.39 is 0 Å². The van der Waals surface area contributed by atoms with Gasteiger partial charge in [-0.3, -0.25) is 9.59 Å². The Hall–Kier alpha value is -1.63. The van der Waals surface area contributed by atoms with Crippen LogP contribution in [0, 0.1) is 5.92 Å². The van der Waals surface area contributed by atoms with Crippen molar-refractivity contribution in [3.8, 4) is 0 Å². The number of carbonyl (C=O) groups excluding carboxylic acids is 2. The third-order valence-electron chi connectivity index (χ3n) is 5.36. The second-order valence-electron chi connectivity index (χ2n) is 7.38. The predicted octanol–water partition coefficient (Wildman–Crippen LogP) is 2.15. The lowest BCUT2D eigenvalue weighted by Crippen LogP contribution is -2.32. The van der Waals surface area contributed by atoms with Crippen molar-refractivity contribution in [2.24, 2.45) is 11.7 Å². The van der Waals surface area contributed by atoms with E-state index in [1.165, 1.54) is 0 Å². The molecule has 1 unspecified atom stereocenters. The fourth-order valence-electron chi connectivity index (χ4n) is 3.77. The van der Waals surface area contributed by atoms with Crippen molar-refractivity contribution in [3.05, 3.63) is 35.4 Å². The quantitative estimate of drug-likeness (QED) is 0.659. The summed E-state index contributed by atoms with van der Waals surface area (Å²) in [7, 11) is 0. The van der Waals surface area contributed by atoms with E-state index in [1.54, 1.807) is 6.07 Å². The van der Waals surface area contributed by atoms with Gasteiger partial charge in [0, 0.05) is 37.7 Å². The van der Waals surface area contributed by atoms with Crippen LogP contribution >= 0.6 is 12.4 Å². The topological polar surface area (TPSA) is 93.5 Å². The van der Waals surface area contributed by atoms with Crippen molar-refractivity contribution in [2.45, 2.75) is 57.2 Å². The van der Waals surface area contributed by atoms with Crippen LogP contribution in [0.25, 0.3) is 0 Å². The van der Waals surface area contributed by atoms with Crippen molar-refractivity contribution < 1.29 is 14.3 Å². The molecule has 0 radical (unpaired) electrons. The van der Waals surface area contributed by atoms with Crippen LogP contribution in [0.15, 0.2) is 24.3 Å². The maximum Gasteiger partial charge on any atom is 0.251 e. The molecule has 27 heavy (non-hydrogen) atoms. The number of rotatable bonds is 7. The standard InChI is InChI=1S/C20H29N3O3.ClH/c21-18-8-2-5-15(18)11-19(24)22-12-14-4-1-6-16(10-14)20(25)23-13-17-7-3-9-26-17;/h1,4,6,10,15,17-18H,2-3,5,7-9,11-13,21H2,(H,22,24)(H,23,25);1H/t15-,17?,18+;/m0./s1. The van der Waals surface area contributed by atoms with E-state index in [1.807, 2.05) is 18.2 Å². The van der Waals surface area contributed by atoms with Crippen LogP contribution in [0.2, 0.25) is 0 Å². The van der Waals surface area contributed by atoms with E-state index in [0.717, 1.165) is 44.3 Å².